The summed E-state index contributed by atoms with van der Waals surface area (Å²) in [6.45, 7) is 13.8. The quantitative estimate of drug-likeness (QED) is 0.722. The van der Waals surface area contributed by atoms with Crippen molar-refractivity contribution in [3.8, 4) is 0 Å². The van der Waals surface area contributed by atoms with Crippen molar-refractivity contribution in [1.29, 1.82) is 0 Å². The zero-order valence-corrected chi connectivity index (χ0v) is 14.5. The first kappa shape index (κ1) is 14.3. The van der Waals surface area contributed by atoms with Gasteiger partial charge in [0.05, 0.1) is 0 Å². The van der Waals surface area contributed by atoms with Crippen LogP contribution in [0.1, 0.15) is 41.5 Å². The average Bonchev–Trinajstić information content (AvgIpc) is 1.96. The van der Waals surface area contributed by atoms with E-state index in [9.17, 15) is 0 Å². The third kappa shape index (κ3) is 6.11. The third-order valence-electron chi connectivity index (χ3n) is 1.57. The topological polar surface area (TPSA) is 0 Å². The van der Waals surface area contributed by atoms with E-state index in [0.29, 0.717) is 38.5 Å². The summed E-state index contributed by atoms with van der Waals surface area (Å²) < 4.78 is 3.67. The summed E-state index contributed by atoms with van der Waals surface area (Å²) in [6, 6.07) is 10.3. The van der Waals surface area contributed by atoms with Crippen molar-refractivity contribution in [1.82, 2.24) is 0 Å². The zero-order valence-electron chi connectivity index (χ0n) is 11.0. The van der Waals surface area contributed by atoms with Crippen molar-refractivity contribution in [3.05, 3.63) is 24.3 Å². The maximum atomic E-state index is 3.61. The Morgan fingerprint density at radius 3 is 1.50 bits per heavy atom. The fourth-order valence-corrected chi connectivity index (χ4v) is 5.59. The minimum absolute atomic E-state index is 0.414. The van der Waals surface area contributed by atoms with Gasteiger partial charge < -0.3 is 0 Å². The van der Waals surface area contributed by atoms with Crippen LogP contribution in [0.5, 0.6) is 0 Å². The maximum absolute atomic E-state index is 3.61. The molecule has 0 aliphatic rings. The van der Waals surface area contributed by atoms with Crippen LogP contribution < -0.4 is 8.92 Å². The first-order valence-electron chi connectivity index (χ1n) is 5.56. The molecule has 0 amide bonds. The fourth-order valence-electron chi connectivity index (χ4n) is 1.21. The second kappa shape index (κ2) is 5.27. The molecule has 1 radical (unpaired) electrons. The van der Waals surface area contributed by atoms with E-state index >= 15 is 0 Å². The first-order chi connectivity index (χ1) is 7.16. The molecule has 0 spiro atoms. The van der Waals surface area contributed by atoms with Gasteiger partial charge in [-0.3, -0.25) is 0 Å². The van der Waals surface area contributed by atoms with Crippen molar-refractivity contribution in [3.63, 3.8) is 0 Å². The second-order valence-electron chi connectivity index (χ2n) is 5.81. The van der Waals surface area contributed by atoms with Gasteiger partial charge in [0.15, 0.2) is 0 Å². The van der Waals surface area contributed by atoms with E-state index in [1.807, 2.05) is 0 Å². The van der Waals surface area contributed by atoms with Crippen molar-refractivity contribution >= 4 is 38.8 Å². The predicted molar refractivity (Wildman–Crippen MR) is 75.5 cm³/mol. The molecule has 0 bridgehead atoms. The molecular weight excluding hydrogens is 326 g/mol. The fraction of sp³-hybridized carbons (Fsp3) is 0.571. The summed E-state index contributed by atoms with van der Waals surface area (Å²) in [7, 11) is 0. The Morgan fingerprint density at radius 2 is 1.19 bits per heavy atom. The summed E-state index contributed by atoms with van der Waals surface area (Å²) in [4.78, 5) is 0. The molecule has 1 rings (SSSR count). The Balaban J connectivity index is 2.79. The Kier molecular flexibility index (Phi) is 4.72. The van der Waals surface area contributed by atoms with Gasteiger partial charge in [0.1, 0.15) is 0 Å². The normalized spacial score (nSPS) is 12.9. The van der Waals surface area contributed by atoms with Crippen LogP contribution in [-0.2, 0) is 0 Å². The van der Waals surface area contributed by atoms with Gasteiger partial charge in [0.2, 0.25) is 0 Å². The zero-order chi connectivity index (χ0) is 12.4. The molecule has 0 unspecified atom stereocenters. The van der Waals surface area contributed by atoms with Gasteiger partial charge in [-0.15, -0.1) is 0 Å². The molecule has 1 aromatic carbocycles. The minimum atomic E-state index is 0.414. The summed E-state index contributed by atoms with van der Waals surface area (Å²) >= 11 is 1.05. The Labute approximate surface area is 113 Å². The van der Waals surface area contributed by atoms with Crippen molar-refractivity contribution in [2.45, 2.75) is 50.2 Å². The molecule has 0 aliphatic carbocycles. The Hall–Kier alpha value is 0.259. The van der Waals surface area contributed by atoms with Gasteiger partial charge in [0, 0.05) is 0 Å². The van der Waals surface area contributed by atoms with Crippen molar-refractivity contribution in [2.24, 2.45) is 0 Å². The third-order valence-corrected chi connectivity index (χ3v) is 6.07. The monoisotopic (exact) mass is 349 g/mol. The number of hydrogen-bond donors (Lipinski definition) is 0. The molecular formula is C14H21Se2. The Bertz CT molecular complexity index is 311. The van der Waals surface area contributed by atoms with E-state index in [4.69, 9.17) is 0 Å². The molecule has 0 aliphatic heterocycles. The molecule has 89 valence electrons. The molecule has 0 N–H and O–H groups in total. The van der Waals surface area contributed by atoms with Crippen LogP contribution in [0.25, 0.3) is 0 Å². The van der Waals surface area contributed by atoms with Crippen molar-refractivity contribution < 1.29 is 0 Å². The van der Waals surface area contributed by atoms with Gasteiger partial charge in [-0.2, -0.15) is 0 Å². The van der Waals surface area contributed by atoms with Crippen LogP contribution in [0.3, 0.4) is 0 Å². The van der Waals surface area contributed by atoms with E-state index in [1.165, 1.54) is 8.92 Å². The first-order valence-corrected chi connectivity index (χ1v) is 8.99. The van der Waals surface area contributed by atoms with E-state index < -0.39 is 0 Å². The number of hydrogen-bond acceptors (Lipinski definition) is 0. The molecule has 0 aromatic heterocycles. The molecule has 0 atom stereocenters. The van der Waals surface area contributed by atoms with Gasteiger partial charge in [0.25, 0.3) is 0 Å². The van der Waals surface area contributed by atoms with Crippen LogP contribution in [0.4, 0.5) is 0 Å². The molecule has 16 heavy (non-hydrogen) atoms. The molecule has 1 aromatic rings. The van der Waals surface area contributed by atoms with E-state index in [2.05, 4.69) is 65.8 Å². The SMILES string of the molecule is CC(C)(C)[Se]c1[c]c([Se]C(C)(C)C)ccc1. The molecule has 0 saturated carbocycles. The predicted octanol–water partition coefficient (Wildman–Crippen LogP) is 2.58. The van der Waals surface area contributed by atoms with Crippen molar-refractivity contribution in [2.75, 3.05) is 0 Å². The summed E-state index contributed by atoms with van der Waals surface area (Å²) in [5.74, 6) is 0. The Morgan fingerprint density at radius 1 is 0.812 bits per heavy atom. The standard InChI is InChI=1S/C14H21Se2/c1-13(2,3)15-11-8-7-9-12(10-11)16-14(4,5)6/h7-9H,1-6H3. The van der Waals surface area contributed by atoms with E-state index in [-0.39, 0.29) is 0 Å². The van der Waals surface area contributed by atoms with Crippen LogP contribution >= 0.6 is 0 Å². The van der Waals surface area contributed by atoms with Crippen LogP contribution in [0, 0.1) is 6.07 Å². The summed E-state index contributed by atoms with van der Waals surface area (Å²) in [6.07, 6.45) is 0. The molecule has 0 saturated heterocycles. The average molecular weight is 347 g/mol. The summed E-state index contributed by atoms with van der Waals surface area (Å²) in [5, 5.41) is 0. The van der Waals surface area contributed by atoms with Gasteiger partial charge in [-0.1, -0.05) is 0 Å². The molecule has 0 heterocycles. The molecule has 0 nitrogen and oxygen atoms in total. The van der Waals surface area contributed by atoms with Gasteiger partial charge >= 0.3 is 113 Å². The van der Waals surface area contributed by atoms with E-state index in [1.54, 1.807) is 0 Å². The number of rotatable bonds is 2. The van der Waals surface area contributed by atoms with Crippen LogP contribution in [-0.4, -0.2) is 29.9 Å². The molecule has 2 heteroatoms. The van der Waals surface area contributed by atoms with Crippen LogP contribution in [0.2, 0.25) is 8.63 Å². The van der Waals surface area contributed by atoms with Gasteiger partial charge in [-0.05, 0) is 0 Å². The number of benzene rings is 1. The summed E-state index contributed by atoms with van der Waals surface area (Å²) in [5.41, 5.74) is 0. The van der Waals surface area contributed by atoms with Crippen LogP contribution in [0.15, 0.2) is 18.2 Å². The van der Waals surface area contributed by atoms with Gasteiger partial charge in [-0.25, -0.2) is 0 Å². The second-order valence-corrected chi connectivity index (χ2v) is 13.6. The van der Waals surface area contributed by atoms with E-state index in [0.717, 1.165) is 0 Å². The molecule has 0 fully saturated rings.